The highest BCUT2D eigenvalue weighted by Gasteiger charge is 2.13. The van der Waals surface area contributed by atoms with Gasteiger partial charge in [0.2, 0.25) is 5.91 Å². The third kappa shape index (κ3) is 4.13. The number of aromatic nitrogens is 4. The fourth-order valence-electron chi connectivity index (χ4n) is 1.48. The predicted molar refractivity (Wildman–Crippen MR) is 73.5 cm³/mol. The predicted octanol–water partition coefficient (Wildman–Crippen LogP) is 1.42. The second-order valence-corrected chi connectivity index (χ2v) is 5.25. The molecule has 0 aliphatic rings. The van der Waals surface area contributed by atoms with Gasteiger partial charge in [0.05, 0.1) is 11.3 Å². The average Bonchev–Trinajstić information content (AvgIpc) is 2.90. The highest BCUT2D eigenvalue weighted by Crippen LogP contribution is 2.13. The molecule has 1 aromatic carbocycles. The molecule has 0 bridgehead atoms. The van der Waals surface area contributed by atoms with E-state index in [0.29, 0.717) is 5.69 Å². The highest BCUT2D eigenvalue weighted by molar-refractivity contribution is 5.91. The molecule has 2 rings (SSSR count). The van der Waals surface area contributed by atoms with Gasteiger partial charge < -0.3 is 10.1 Å². The SMILES string of the molecule is CC(C)(C)OCC(=O)Nc1cccc(-n2cnnn2)c1. The quantitative estimate of drug-likeness (QED) is 0.912. The Labute approximate surface area is 116 Å². The van der Waals surface area contributed by atoms with Crippen molar-refractivity contribution in [1.29, 1.82) is 0 Å². The van der Waals surface area contributed by atoms with Crippen LogP contribution in [0.2, 0.25) is 0 Å². The first-order valence-corrected chi connectivity index (χ1v) is 6.21. The molecule has 0 saturated carbocycles. The van der Waals surface area contributed by atoms with Crippen LogP contribution < -0.4 is 5.32 Å². The molecule has 1 heterocycles. The summed E-state index contributed by atoms with van der Waals surface area (Å²) in [5, 5.41) is 13.7. The Hall–Kier alpha value is -2.28. The minimum absolute atomic E-state index is 0.0125. The second-order valence-electron chi connectivity index (χ2n) is 5.25. The van der Waals surface area contributed by atoms with E-state index >= 15 is 0 Å². The summed E-state index contributed by atoms with van der Waals surface area (Å²) in [6.07, 6.45) is 1.49. The lowest BCUT2D eigenvalue weighted by atomic mass is 10.2. The summed E-state index contributed by atoms with van der Waals surface area (Å²) in [6.45, 7) is 5.72. The molecule has 0 aliphatic carbocycles. The number of carbonyl (C=O) groups excluding carboxylic acids is 1. The van der Waals surface area contributed by atoms with Gasteiger partial charge >= 0.3 is 0 Å². The molecule has 7 heteroatoms. The van der Waals surface area contributed by atoms with Gasteiger partial charge in [0, 0.05) is 5.69 Å². The van der Waals surface area contributed by atoms with E-state index < -0.39 is 0 Å². The van der Waals surface area contributed by atoms with Crippen molar-refractivity contribution in [2.75, 3.05) is 11.9 Å². The summed E-state index contributed by atoms with van der Waals surface area (Å²) in [5.74, 6) is -0.200. The van der Waals surface area contributed by atoms with E-state index in [1.54, 1.807) is 12.1 Å². The second kappa shape index (κ2) is 5.79. The normalized spacial score (nSPS) is 11.3. The zero-order valence-electron chi connectivity index (χ0n) is 11.7. The van der Waals surface area contributed by atoms with Gasteiger partial charge in [0.15, 0.2) is 0 Å². The van der Waals surface area contributed by atoms with Crippen molar-refractivity contribution in [3.05, 3.63) is 30.6 Å². The molecule has 0 atom stereocenters. The van der Waals surface area contributed by atoms with Crippen molar-refractivity contribution in [2.45, 2.75) is 26.4 Å². The van der Waals surface area contributed by atoms with Crippen LogP contribution in [0.15, 0.2) is 30.6 Å². The summed E-state index contributed by atoms with van der Waals surface area (Å²) in [6, 6.07) is 7.24. The minimum atomic E-state index is -0.342. The lowest BCUT2D eigenvalue weighted by Gasteiger charge is -2.19. The summed E-state index contributed by atoms with van der Waals surface area (Å²) >= 11 is 0. The van der Waals surface area contributed by atoms with Crippen LogP contribution in [-0.2, 0) is 9.53 Å². The van der Waals surface area contributed by atoms with Gasteiger partial charge in [-0.15, -0.1) is 5.10 Å². The Morgan fingerprint density at radius 3 is 2.85 bits per heavy atom. The van der Waals surface area contributed by atoms with Crippen LogP contribution in [-0.4, -0.2) is 38.3 Å². The van der Waals surface area contributed by atoms with Crippen molar-refractivity contribution in [2.24, 2.45) is 0 Å². The Bertz CT molecular complexity index is 575. The fraction of sp³-hybridized carbons (Fsp3) is 0.385. The maximum atomic E-state index is 11.8. The van der Waals surface area contributed by atoms with E-state index in [2.05, 4.69) is 20.8 Å². The molecule has 20 heavy (non-hydrogen) atoms. The monoisotopic (exact) mass is 275 g/mol. The molecular formula is C13H17N5O2. The van der Waals surface area contributed by atoms with Crippen molar-refractivity contribution >= 4 is 11.6 Å². The van der Waals surface area contributed by atoms with Crippen molar-refractivity contribution < 1.29 is 9.53 Å². The van der Waals surface area contributed by atoms with Crippen LogP contribution in [0.3, 0.4) is 0 Å². The fourth-order valence-corrected chi connectivity index (χ4v) is 1.48. The summed E-state index contributed by atoms with van der Waals surface area (Å²) in [5.41, 5.74) is 1.09. The van der Waals surface area contributed by atoms with E-state index in [1.807, 2.05) is 32.9 Å². The number of nitrogens with one attached hydrogen (secondary N) is 1. The van der Waals surface area contributed by atoms with Gasteiger partial charge in [-0.05, 0) is 49.4 Å². The van der Waals surface area contributed by atoms with E-state index in [9.17, 15) is 4.79 Å². The molecule has 106 valence electrons. The summed E-state index contributed by atoms with van der Waals surface area (Å²) in [7, 11) is 0. The summed E-state index contributed by atoms with van der Waals surface area (Å²) < 4.78 is 6.93. The number of ether oxygens (including phenoxy) is 1. The molecule has 0 unspecified atom stereocenters. The zero-order chi connectivity index (χ0) is 14.6. The molecule has 1 aromatic heterocycles. The lowest BCUT2D eigenvalue weighted by Crippen LogP contribution is -2.27. The number of hydrogen-bond donors (Lipinski definition) is 1. The number of nitrogens with zero attached hydrogens (tertiary/aromatic N) is 4. The molecule has 1 N–H and O–H groups in total. The van der Waals surface area contributed by atoms with Gasteiger partial charge in [-0.25, -0.2) is 4.68 Å². The molecule has 1 amide bonds. The van der Waals surface area contributed by atoms with Crippen molar-refractivity contribution in [1.82, 2.24) is 20.2 Å². The highest BCUT2D eigenvalue weighted by atomic mass is 16.5. The number of hydrogen-bond acceptors (Lipinski definition) is 5. The van der Waals surface area contributed by atoms with E-state index in [0.717, 1.165) is 5.69 Å². The number of tetrazole rings is 1. The number of anilines is 1. The first-order valence-electron chi connectivity index (χ1n) is 6.21. The van der Waals surface area contributed by atoms with Crippen molar-refractivity contribution in [3.8, 4) is 5.69 Å². The van der Waals surface area contributed by atoms with Crippen LogP contribution in [0, 0.1) is 0 Å². The molecule has 0 spiro atoms. The third-order valence-corrected chi connectivity index (χ3v) is 2.38. The molecular weight excluding hydrogens is 258 g/mol. The number of amides is 1. The molecule has 0 saturated heterocycles. The number of rotatable bonds is 4. The third-order valence-electron chi connectivity index (χ3n) is 2.38. The van der Waals surface area contributed by atoms with E-state index in [-0.39, 0.29) is 18.1 Å². The van der Waals surface area contributed by atoms with Crippen LogP contribution in [0.25, 0.3) is 5.69 Å². The first kappa shape index (κ1) is 14.1. The van der Waals surface area contributed by atoms with Crippen LogP contribution in [0.1, 0.15) is 20.8 Å². The standard InChI is InChI=1S/C13H17N5O2/c1-13(2,3)20-8-12(19)15-10-5-4-6-11(7-10)18-9-14-16-17-18/h4-7,9H,8H2,1-3H3,(H,15,19). The largest absolute Gasteiger partial charge is 0.366 e. The molecule has 0 radical (unpaired) electrons. The zero-order valence-corrected chi connectivity index (χ0v) is 11.7. The number of carbonyl (C=O) groups is 1. The average molecular weight is 275 g/mol. The van der Waals surface area contributed by atoms with Gasteiger partial charge in [0.25, 0.3) is 0 Å². The Morgan fingerprint density at radius 2 is 2.20 bits per heavy atom. The molecule has 0 fully saturated rings. The lowest BCUT2D eigenvalue weighted by molar-refractivity contribution is -0.125. The number of benzene rings is 1. The summed E-state index contributed by atoms with van der Waals surface area (Å²) in [4.78, 5) is 11.8. The van der Waals surface area contributed by atoms with E-state index in [4.69, 9.17) is 4.74 Å². The smallest absolute Gasteiger partial charge is 0.250 e. The Morgan fingerprint density at radius 1 is 1.40 bits per heavy atom. The molecule has 2 aromatic rings. The Balaban J connectivity index is 2.00. The van der Waals surface area contributed by atoms with Crippen molar-refractivity contribution in [3.63, 3.8) is 0 Å². The van der Waals surface area contributed by atoms with Crippen LogP contribution in [0.4, 0.5) is 5.69 Å². The van der Waals surface area contributed by atoms with Gasteiger partial charge in [-0.1, -0.05) is 6.07 Å². The molecule has 0 aliphatic heterocycles. The minimum Gasteiger partial charge on any atom is -0.366 e. The van der Waals surface area contributed by atoms with Gasteiger partial charge in [-0.2, -0.15) is 0 Å². The maximum absolute atomic E-state index is 11.8. The Kier molecular flexibility index (Phi) is 4.09. The van der Waals surface area contributed by atoms with Gasteiger partial charge in [0.1, 0.15) is 12.9 Å². The van der Waals surface area contributed by atoms with Crippen LogP contribution >= 0.6 is 0 Å². The van der Waals surface area contributed by atoms with E-state index in [1.165, 1.54) is 11.0 Å². The topological polar surface area (TPSA) is 81.9 Å². The molecule has 7 nitrogen and oxygen atoms in total. The van der Waals surface area contributed by atoms with Gasteiger partial charge in [-0.3, -0.25) is 4.79 Å². The first-order chi connectivity index (χ1) is 9.44. The maximum Gasteiger partial charge on any atom is 0.250 e. The van der Waals surface area contributed by atoms with Crippen LogP contribution in [0.5, 0.6) is 0 Å².